The molecule has 4 aromatic rings. The summed E-state index contributed by atoms with van der Waals surface area (Å²) in [5.74, 6) is 0.990. The van der Waals surface area contributed by atoms with Gasteiger partial charge in [0.2, 0.25) is 0 Å². The van der Waals surface area contributed by atoms with E-state index in [1.165, 1.54) is 17.4 Å². The first-order valence-electron chi connectivity index (χ1n) is 15.1. The Kier molecular flexibility index (Phi) is 9.52. The minimum Gasteiger partial charge on any atom is -0.388 e. The number of aromatic nitrogens is 3. The van der Waals surface area contributed by atoms with Crippen molar-refractivity contribution in [1.29, 1.82) is 0 Å². The highest BCUT2D eigenvalue weighted by Crippen LogP contribution is 2.34. The predicted molar refractivity (Wildman–Crippen MR) is 173 cm³/mol. The summed E-state index contributed by atoms with van der Waals surface area (Å²) in [6.45, 7) is 8.96. The molecule has 0 amide bonds. The maximum Gasteiger partial charge on any atom is 0.354 e. The van der Waals surface area contributed by atoms with E-state index in [1.54, 1.807) is 20.0 Å². The second-order valence-electron chi connectivity index (χ2n) is 11.7. The van der Waals surface area contributed by atoms with Crippen LogP contribution in [0.3, 0.4) is 0 Å². The number of halogens is 1. The molecular formula is C34H42FN7O. The number of fused-ring (bicyclic) bond motifs is 1. The third-order valence-corrected chi connectivity index (χ3v) is 8.17. The van der Waals surface area contributed by atoms with E-state index in [9.17, 15) is 4.79 Å². The standard InChI is InChI=1S/C34H42FN7O/c1-4-30(39-16-6-15-38-22(3)36)25-11-13-27(14-12-25)42-20-26-19-31(40-33(26)41-34(42)43)28-18-23(17-21(2)32(28)35)7-5-8-29(37)24-9-10-24/h4,11-14,17-20,24,29-30,39H,1,5-10,15-16,37H2,2-3H3,(H2,36,38)(H,40,41,43)/t29-,30+/m1/s1. The van der Waals surface area contributed by atoms with Crippen molar-refractivity contribution in [3.63, 3.8) is 0 Å². The summed E-state index contributed by atoms with van der Waals surface area (Å²) < 4.78 is 16.8. The molecule has 0 aliphatic heterocycles. The quantitative estimate of drug-likeness (QED) is 0.0677. The number of rotatable bonds is 14. The summed E-state index contributed by atoms with van der Waals surface area (Å²) in [6.07, 6.45) is 9.75. The first-order chi connectivity index (χ1) is 20.7. The lowest BCUT2D eigenvalue weighted by molar-refractivity contribution is 0.528. The zero-order chi connectivity index (χ0) is 30.5. The number of H-pyrrole nitrogens is 1. The fraction of sp³-hybridized carbons (Fsp3) is 0.382. The van der Waals surface area contributed by atoms with Gasteiger partial charge in [0.05, 0.1) is 23.3 Å². The van der Waals surface area contributed by atoms with Crippen molar-refractivity contribution < 1.29 is 4.39 Å². The van der Waals surface area contributed by atoms with E-state index in [4.69, 9.17) is 11.5 Å². The van der Waals surface area contributed by atoms with Crippen LogP contribution in [0.5, 0.6) is 0 Å². The molecule has 2 heterocycles. The lowest BCUT2D eigenvalue weighted by Gasteiger charge is -2.16. The fourth-order valence-electron chi connectivity index (χ4n) is 5.58. The summed E-state index contributed by atoms with van der Waals surface area (Å²) in [4.78, 5) is 24.7. The lowest BCUT2D eigenvalue weighted by atomic mass is 9.98. The van der Waals surface area contributed by atoms with E-state index in [0.717, 1.165) is 48.7 Å². The van der Waals surface area contributed by atoms with E-state index >= 15 is 4.39 Å². The number of aromatic amines is 1. The number of hydrogen-bond donors (Lipinski definition) is 4. The van der Waals surface area contributed by atoms with Crippen LogP contribution < -0.4 is 22.5 Å². The average Bonchev–Trinajstić information content (AvgIpc) is 3.76. The lowest BCUT2D eigenvalue weighted by Crippen LogP contribution is -2.22. The van der Waals surface area contributed by atoms with Gasteiger partial charge in [0.15, 0.2) is 0 Å². The van der Waals surface area contributed by atoms with Gasteiger partial charge in [0.25, 0.3) is 0 Å². The van der Waals surface area contributed by atoms with Crippen molar-refractivity contribution in [3.05, 3.63) is 94.3 Å². The number of benzene rings is 2. The summed E-state index contributed by atoms with van der Waals surface area (Å²) in [5.41, 5.74) is 16.4. The number of aliphatic imine (C=N–C) groups is 1. The van der Waals surface area contributed by atoms with Gasteiger partial charge >= 0.3 is 5.69 Å². The highest BCUT2D eigenvalue weighted by atomic mass is 19.1. The predicted octanol–water partition coefficient (Wildman–Crippen LogP) is 5.47. The van der Waals surface area contributed by atoms with Gasteiger partial charge in [-0.15, -0.1) is 6.58 Å². The number of hydrogen-bond acceptors (Lipinski definition) is 5. The van der Waals surface area contributed by atoms with Crippen LogP contribution in [0.2, 0.25) is 0 Å². The Morgan fingerprint density at radius 2 is 2.02 bits per heavy atom. The number of nitrogens with two attached hydrogens (primary N) is 2. The smallest absolute Gasteiger partial charge is 0.354 e. The third kappa shape index (κ3) is 7.47. The molecule has 1 aliphatic carbocycles. The molecule has 0 unspecified atom stereocenters. The van der Waals surface area contributed by atoms with Crippen LogP contribution >= 0.6 is 0 Å². The second kappa shape index (κ2) is 13.5. The molecule has 0 spiro atoms. The highest BCUT2D eigenvalue weighted by molar-refractivity contribution is 5.83. The van der Waals surface area contributed by atoms with Gasteiger partial charge in [-0.25, -0.2) is 9.18 Å². The van der Waals surface area contributed by atoms with E-state index in [0.29, 0.717) is 46.5 Å². The average molecular weight is 584 g/mol. The molecule has 1 aliphatic rings. The van der Waals surface area contributed by atoms with Gasteiger partial charge in [0, 0.05) is 29.7 Å². The second-order valence-corrected chi connectivity index (χ2v) is 11.7. The van der Waals surface area contributed by atoms with E-state index < -0.39 is 5.69 Å². The number of aryl methyl sites for hydroxylation is 2. The Bertz CT molecular complexity index is 1660. The van der Waals surface area contributed by atoms with E-state index in [-0.39, 0.29) is 17.9 Å². The molecule has 8 nitrogen and oxygen atoms in total. The van der Waals surface area contributed by atoms with Gasteiger partial charge in [-0.2, -0.15) is 4.98 Å². The van der Waals surface area contributed by atoms with Gasteiger partial charge in [-0.3, -0.25) is 9.56 Å². The normalized spacial score (nSPS) is 15.1. The Morgan fingerprint density at radius 3 is 2.72 bits per heavy atom. The molecule has 0 saturated heterocycles. The zero-order valence-corrected chi connectivity index (χ0v) is 25.1. The largest absolute Gasteiger partial charge is 0.388 e. The Balaban J connectivity index is 1.32. The van der Waals surface area contributed by atoms with Crippen molar-refractivity contribution in [3.8, 4) is 16.9 Å². The molecule has 1 fully saturated rings. The van der Waals surface area contributed by atoms with E-state index in [2.05, 4.69) is 26.9 Å². The fourth-order valence-corrected chi connectivity index (χ4v) is 5.58. The maximum atomic E-state index is 15.3. The highest BCUT2D eigenvalue weighted by Gasteiger charge is 2.27. The van der Waals surface area contributed by atoms with Crippen molar-refractivity contribution in [2.75, 3.05) is 13.1 Å². The van der Waals surface area contributed by atoms with Gasteiger partial charge in [-0.1, -0.05) is 24.3 Å². The molecule has 43 heavy (non-hydrogen) atoms. The first kappa shape index (κ1) is 30.4. The Hall–Kier alpha value is -4.08. The topological polar surface area (TPSA) is 127 Å². The van der Waals surface area contributed by atoms with Crippen LogP contribution in [0.15, 0.2) is 71.1 Å². The van der Waals surface area contributed by atoms with Crippen molar-refractivity contribution in [2.45, 2.75) is 64.5 Å². The molecule has 2 aromatic heterocycles. The van der Waals surface area contributed by atoms with E-state index in [1.807, 2.05) is 48.5 Å². The Labute approximate surface area is 252 Å². The molecule has 5 rings (SSSR count). The number of nitrogens with one attached hydrogen (secondary N) is 2. The Morgan fingerprint density at radius 1 is 1.26 bits per heavy atom. The summed E-state index contributed by atoms with van der Waals surface area (Å²) >= 11 is 0. The minimum absolute atomic E-state index is 0.0365. The zero-order valence-electron chi connectivity index (χ0n) is 25.1. The molecular weight excluding hydrogens is 541 g/mol. The monoisotopic (exact) mass is 583 g/mol. The molecule has 226 valence electrons. The molecule has 0 bridgehead atoms. The van der Waals surface area contributed by atoms with Crippen LogP contribution in [-0.2, 0) is 6.42 Å². The SMILES string of the molecule is C=C[C@H](NCCCN=C(C)N)c1ccc(-n2cc3cc(-c4cc(CCC[C@@H](N)C5CC5)cc(C)c4F)[nH]c3nc2=O)cc1. The summed E-state index contributed by atoms with van der Waals surface area (Å²) in [5, 5.41) is 4.18. The third-order valence-electron chi connectivity index (χ3n) is 8.17. The summed E-state index contributed by atoms with van der Waals surface area (Å²) in [6, 6.07) is 13.6. The minimum atomic E-state index is -0.416. The van der Waals surface area contributed by atoms with Crippen molar-refractivity contribution in [2.24, 2.45) is 22.4 Å². The van der Waals surface area contributed by atoms with Gasteiger partial charge in [0.1, 0.15) is 11.5 Å². The van der Waals surface area contributed by atoms with Crippen molar-refractivity contribution in [1.82, 2.24) is 19.9 Å². The van der Waals surface area contributed by atoms with Crippen LogP contribution in [0.25, 0.3) is 28.0 Å². The number of amidine groups is 1. The van der Waals surface area contributed by atoms with Gasteiger partial charge < -0.3 is 21.8 Å². The molecule has 2 aromatic carbocycles. The molecule has 2 atom stereocenters. The molecule has 1 saturated carbocycles. The van der Waals surface area contributed by atoms with Crippen LogP contribution in [0.1, 0.15) is 61.8 Å². The van der Waals surface area contributed by atoms with Crippen LogP contribution in [0, 0.1) is 18.7 Å². The maximum absolute atomic E-state index is 15.3. The van der Waals surface area contributed by atoms with Crippen LogP contribution in [0.4, 0.5) is 4.39 Å². The van der Waals surface area contributed by atoms with Crippen molar-refractivity contribution >= 4 is 16.9 Å². The molecule has 0 radical (unpaired) electrons. The van der Waals surface area contributed by atoms with Crippen LogP contribution in [-0.4, -0.2) is 39.5 Å². The molecule has 9 heteroatoms. The van der Waals surface area contributed by atoms with Gasteiger partial charge in [-0.05, 0) is 106 Å². The number of nitrogens with zero attached hydrogens (tertiary/aromatic N) is 3. The molecule has 6 N–H and O–H groups in total. The summed E-state index contributed by atoms with van der Waals surface area (Å²) in [7, 11) is 0. The first-order valence-corrected chi connectivity index (χ1v) is 15.1.